The molecule has 0 aliphatic rings. The van der Waals surface area contributed by atoms with Gasteiger partial charge in [-0.3, -0.25) is 4.79 Å². The fourth-order valence-corrected chi connectivity index (χ4v) is 1.92. The van der Waals surface area contributed by atoms with Gasteiger partial charge in [0.2, 0.25) is 0 Å². The number of carbonyl (C=O) groups excluding carboxylic acids is 1. The van der Waals surface area contributed by atoms with Crippen LogP contribution in [-0.2, 0) is 6.54 Å². The van der Waals surface area contributed by atoms with Crippen molar-refractivity contribution in [1.82, 2.24) is 5.32 Å². The summed E-state index contributed by atoms with van der Waals surface area (Å²) in [6.45, 7) is -0.0949. The standard InChI is InChI=1S/C16H14F3NO3/c1-22-13-7-4-6-11(9-13)15(21)20-10-12-5-2-3-8-14(12)23-16(17,18)19/h2-9H,10H2,1H3,(H,20,21). The summed E-state index contributed by atoms with van der Waals surface area (Å²) in [7, 11) is 1.47. The Kier molecular flexibility index (Phi) is 5.10. The van der Waals surface area contributed by atoms with Crippen molar-refractivity contribution in [3.05, 3.63) is 59.7 Å². The number of para-hydroxylation sites is 1. The molecule has 2 aromatic rings. The summed E-state index contributed by atoms with van der Waals surface area (Å²) in [5, 5.41) is 2.55. The number of rotatable bonds is 5. The Labute approximate surface area is 130 Å². The van der Waals surface area contributed by atoms with Crippen LogP contribution in [0.25, 0.3) is 0 Å². The van der Waals surface area contributed by atoms with Gasteiger partial charge in [-0.1, -0.05) is 24.3 Å². The van der Waals surface area contributed by atoms with Crippen LogP contribution in [0.4, 0.5) is 13.2 Å². The number of amides is 1. The van der Waals surface area contributed by atoms with E-state index in [-0.39, 0.29) is 17.9 Å². The normalized spacial score (nSPS) is 11.0. The van der Waals surface area contributed by atoms with E-state index < -0.39 is 12.3 Å². The second kappa shape index (κ2) is 7.04. The molecule has 7 heteroatoms. The van der Waals surface area contributed by atoms with Crippen molar-refractivity contribution in [1.29, 1.82) is 0 Å². The van der Waals surface area contributed by atoms with E-state index in [1.54, 1.807) is 24.3 Å². The van der Waals surface area contributed by atoms with Crippen molar-refractivity contribution in [2.75, 3.05) is 7.11 Å². The topological polar surface area (TPSA) is 47.6 Å². The molecule has 0 aromatic heterocycles. The molecule has 1 N–H and O–H groups in total. The molecule has 0 radical (unpaired) electrons. The van der Waals surface area contributed by atoms with E-state index in [9.17, 15) is 18.0 Å². The van der Waals surface area contributed by atoms with E-state index in [2.05, 4.69) is 10.1 Å². The van der Waals surface area contributed by atoms with Gasteiger partial charge in [0.25, 0.3) is 5.91 Å². The first-order valence-corrected chi connectivity index (χ1v) is 6.65. The quantitative estimate of drug-likeness (QED) is 0.915. The molecule has 0 aliphatic heterocycles. The van der Waals surface area contributed by atoms with E-state index in [0.717, 1.165) is 0 Å². The number of halogens is 3. The SMILES string of the molecule is COc1cccc(C(=O)NCc2ccccc2OC(F)(F)F)c1. The summed E-state index contributed by atoms with van der Waals surface area (Å²) in [6.07, 6.45) is -4.78. The molecule has 2 rings (SSSR count). The zero-order valence-electron chi connectivity index (χ0n) is 12.2. The monoisotopic (exact) mass is 325 g/mol. The lowest BCUT2D eigenvalue weighted by Gasteiger charge is -2.13. The first-order chi connectivity index (χ1) is 10.9. The summed E-state index contributed by atoms with van der Waals surface area (Å²) in [4.78, 5) is 12.1. The minimum atomic E-state index is -4.78. The molecular weight excluding hydrogens is 311 g/mol. The minimum Gasteiger partial charge on any atom is -0.497 e. The van der Waals surface area contributed by atoms with Gasteiger partial charge >= 0.3 is 6.36 Å². The van der Waals surface area contributed by atoms with Gasteiger partial charge in [-0.2, -0.15) is 0 Å². The molecule has 0 fully saturated rings. The first-order valence-electron chi connectivity index (χ1n) is 6.65. The molecule has 0 atom stereocenters. The van der Waals surface area contributed by atoms with Crippen LogP contribution in [-0.4, -0.2) is 19.4 Å². The highest BCUT2D eigenvalue weighted by Crippen LogP contribution is 2.26. The Bertz CT molecular complexity index is 686. The average molecular weight is 325 g/mol. The summed E-state index contributed by atoms with van der Waals surface area (Å²) >= 11 is 0. The molecule has 0 spiro atoms. The maximum atomic E-state index is 12.3. The lowest BCUT2D eigenvalue weighted by molar-refractivity contribution is -0.274. The second-order valence-corrected chi connectivity index (χ2v) is 4.57. The third kappa shape index (κ3) is 4.91. The molecule has 0 unspecified atom stereocenters. The lowest BCUT2D eigenvalue weighted by Crippen LogP contribution is -2.24. The zero-order valence-corrected chi connectivity index (χ0v) is 12.2. The fraction of sp³-hybridized carbons (Fsp3) is 0.188. The Morgan fingerprint density at radius 1 is 1.13 bits per heavy atom. The van der Waals surface area contributed by atoms with Crippen molar-refractivity contribution < 1.29 is 27.4 Å². The predicted octanol–water partition coefficient (Wildman–Crippen LogP) is 3.52. The molecule has 0 saturated heterocycles. The Morgan fingerprint density at radius 2 is 1.87 bits per heavy atom. The fourth-order valence-electron chi connectivity index (χ4n) is 1.92. The van der Waals surface area contributed by atoms with E-state index >= 15 is 0 Å². The number of benzene rings is 2. The van der Waals surface area contributed by atoms with Crippen molar-refractivity contribution >= 4 is 5.91 Å². The summed E-state index contributed by atoms with van der Waals surface area (Å²) < 4.78 is 46.0. The largest absolute Gasteiger partial charge is 0.573 e. The molecule has 4 nitrogen and oxygen atoms in total. The minimum absolute atomic E-state index is 0.0949. The third-order valence-corrected chi connectivity index (χ3v) is 2.97. The van der Waals surface area contributed by atoms with Crippen LogP contribution in [0.1, 0.15) is 15.9 Å². The number of hydrogen-bond donors (Lipinski definition) is 1. The van der Waals surface area contributed by atoms with Crippen LogP contribution in [0.15, 0.2) is 48.5 Å². The molecule has 0 aliphatic carbocycles. The van der Waals surface area contributed by atoms with Crippen LogP contribution < -0.4 is 14.8 Å². The van der Waals surface area contributed by atoms with Crippen molar-refractivity contribution in [3.63, 3.8) is 0 Å². The second-order valence-electron chi connectivity index (χ2n) is 4.57. The highest BCUT2D eigenvalue weighted by Gasteiger charge is 2.31. The van der Waals surface area contributed by atoms with Crippen LogP contribution in [0.3, 0.4) is 0 Å². The average Bonchev–Trinajstić information content (AvgIpc) is 2.52. The van der Waals surface area contributed by atoms with Gasteiger partial charge in [-0.25, -0.2) is 0 Å². The molecule has 0 saturated carbocycles. The van der Waals surface area contributed by atoms with Gasteiger partial charge in [0.15, 0.2) is 0 Å². The smallest absolute Gasteiger partial charge is 0.497 e. The van der Waals surface area contributed by atoms with Gasteiger partial charge in [-0.15, -0.1) is 13.2 Å². The Balaban J connectivity index is 2.07. The van der Waals surface area contributed by atoms with Crippen LogP contribution in [0.5, 0.6) is 11.5 Å². The molecular formula is C16H14F3NO3. The van der Waals surface area contributed by atoms with E-state index in [4.69, 9.17) is 4.74 Å². The highest BCUT2D eigenvalue weighted by molar-refractivity contribution is 5.94. The van der Waals surface area contributed by atoms with Crippen LogP contribution >= 0.6 is 0 Å². The van der Waals surface area contributed by atoms with Gasteiger partial charge in [0.1, 0.15) is 11.5 Å². The van der Waals surface area contributed by atoms with Crippen molar-refractivity contribution in [3.8, 4) is 11.5 Å². The molecule has 0 heterocycles. The van der Waals surface area contributed by atoms with E-state index in [0.29, 0.717) is 11.3 Å². The lowest BCUT2D eigenvalue weighted by atomic mass is 10.1. The maximum absolute atomic E-state index is 12.3. The predicted molar refractivity (Wildman–Crippen MR) is 77.3 cm³/mol. The summed E-state index contributed by atoms with van der Waals surface area (Å²) in [5.41, 5.74) is 0.569. The van der Waals surface area contributed by atoms with Gasteiger partial charge in [0, 0.05) is 17.7 Å². The van der Waals surface area contributed by atoms with Crippen LogP contribution in [0, 0.1) is 0 Å². The number of ether oxygens (including phenoxy) is 2. The highest BCUT2D eigenvalue weighted by atomic mass is 19.4. The Hall–Kier alpha value is -2.70. The zero-order chi connectivity index (χ0) is 16.9. The number of methoxy groups -OCH3 is 1. The van der Waals surface area contributed by atoms with Crippen LogP contribution in [0.2, 0.25) is 0 Å². The van der Waals surface area contributed by atoms with Crippen molar-refractivity contribution in [2.24, 2.45) is 0 Å². The van der Waals surface area contributed by atoms with Crippen molar-refractivity contribution in [2.45, 2.75) is 12.9 Å². The Morgan fingerprint density at radius 3 is 2.57 bits per heavy atom. The summed E-state index contributed by atoms with van der Waals surface area (Å²) in [6, 6.07) is 12.1. The third-order valence-electron chi connectivity index (χ3n) is 2.97. The van der Waals surface area contributed by atoms with E-state index in [1.807, 2.05) is 0 Å². The van der Waals surface area contributed by atoms with Gasteiger partial charge in [-0.05, 0) is 24.3 Å². The maximum Gasteiger partial charge on any atom is 0.573 e. The molecule has 2 aromatic carbocycles. The van der Waals surface area contributed by atoms with Gasteiger partial charge in [0.05, 0.1) is 7.11 Å². The molecule has 122 valence electrons. The molecule has 23 heavy (non-hydrogen) atoms. The first kappa shape index (κ1) is 16.7. The van der Waals surface area contributed by atoms with E-state index in [1.165, 1.54) is 31.4 Å². The molecule has 1 amide bonds. The number of carbonyl (C=O) groups is 1. The number of hydrogen-bond acceptors (Lipinski definition) is 3. The number of alkyl halides is 3. The van der Waals surface area contributed by atoms with Gasteiger partial charge < -0.3 is 14.8 Å². The summed E-state index contributed by atoms with van der Waals surface area (Å²) in [5.74, 6) is -0.255. The number of nitrogens with one attached hydrogen (secondary N) is 1. The molecule has 0 bridgehead atoms.